The van der Waals surface area contributed by atoms with E-state index in [1.807, 2.05) is 53.2 Å². The van der Waals surface area contributed by atoms with E-state index in [-0.39, 0.29) is 4.90 Å². The molecule has 5 heteroatoms. The molecule has 0 radical (unpaired) electrons. The van der Waals surface area contributed by atoms with Crippen molar-refractivity contribution in [3.05, 3.63) is 77.5 Å². The standard InChI is InChI=1S/C18H13NO2S2/c20-23(21,16-7-2-1-3-8-16)19-17-9-5-4-6-14(17)12-18(19)15-10-11-22-13-15/h1-13H. The molecule has 0 N–H and O–H groups in total. The normalized spacial score (nSPS) is 11.8. The first-order chi connectivity index (χ1) is 11.2. The lowest BCUT2D eigenvalue weighted by Crippen LogP contribution is -2.13. The fourth-order valence-corrected chi connectivity index (χ4v) is 4.90. The summed E-state index contributed by atoms with van der Waals surface area (Å²) in [5, 5.41) is 4.82. The number of hydrogen-bond donors (Lipinski definition) is 0. The molecular formula is C18H13NO2S2. The molecule has 114 valence electrons. The third kappa shape index (κ3) is 2.29. The smallest absolute Gasteiger partial charge is 0.233 e. The van der Waals surface area contributed by atoms with Crippen LogP contribution in [-0.2, 0) is 10.0 Å². The average Bonchev–Trinajstić information content (AvgIpc) is 3.23. The van der Waals surface area contributed by atoms with Crippen molar-refractivity contribution in [2.24, 2.45) is 0 Å². The number of rotatable bonds is 3. The Morgan fingerprint density at radius 1 is 0.870 bits per heavy atom. The van der Waals surface area contributed by atoms with Gasteiger partial charge in [0.05, 0.1) is 16.1 Å². The van der Waals surface area contributed by atoms with Crippen molar-refractivity contribution in [2.45, 2.75) is 4.90 Å². The first-order valence-corrected chi connectivity index (χ1v) is 9.50. The van der Waals surface area contributed by atoms with E-state index in [4.69, 9.17) is 0 Å². The number of benzene rings is 2. The highest BCUT2D eigenvalue weighted by Crippen LogP contribution is 2.33. The second-order valence-electron chi connectivity index (χ2n) is 5.18. The predicted molar refractivity (Wildman–Crippen MR) is 94.3 cm³/mol. The van der Waals surface area contributed by atoms with Crippen LogP contribution in [0.1, 0.15) is 0 Å². The molecule has 3 nitrogen and oxygen atoms in total. The molecule has 0 saturated heterocycles. The minimum atomic E-state index is -3.66. The lowest BCUT2D eigenvalue weighted by molar-refractivity contribution is 0.589. The Kier molecular flexibility index (Phi) is 3.32. The van der Waals surface area contributed by atoms with Gasteiger partial charge in [0, 0.05) is 16.3 Å². The summed E-state index contributed by atoms with van der Waals surface area (Å²) < 4.78 is 27.8. The van der Waals surface area contributed by atoms with Gasteiger partial charge < -0.3 is 0 Å². The molecule has 2 aromatic carbocycles. The molecular weight excluding hydrogens is 326 g/mol. The molecule has 0 aliphatic carbocycles. The Morgan fingerprint density at radius 3 is 2.35 bits per heavy atom. The molecule has 0 aliphatic heterocycles. The van der Waals surface area contributed by atoms with E-state index in [0.717, 1.165) is 10.9 Å². The highest BCUT2D eigenvalue weighted by molar-refractivity contribution is 7.90. The molecule has 4 aromatic rings. The van der Waals surface area contributed by atoms with Crippen molar-refractivity contribution < 1.29 is 8.42 Å². The molecule has 0 bridgehead atoms. The van der Waals surface area contributed by atoms with Crippen LogP contribution in [0, 0.1) is 0 Å². The van der Waals surface area contributed by atoms with Crippen LogP contribution in [0.25, 0.3) is 22.2 Å². The van der Waals surface area contributed by atoms with E-state index < -0.39 is 10.0 Å². The molecule has 23 heavy (non-hydrogen) atoms. The van der Waals surface area contributed by atoms with Crippen LogP contribution in [0.5, 0.6) is 0 Å². The lowest BCUT2D eigenvalue weighted by Gasteiger charge is -2.11. The van der Waals surface area contributed by atoms with Crippen LogP contribution in [-0.4, -0.2) is 12.4 Å². The third-order valence-electron chi connectivity index (χ3n) is 3.76. The highest BCUT2D eigenvalue weighted by Gasteiger charge is 2.23. The van der Waals surface area contributed by atoms with Crippen LogP contribution >= 0.6 is 11.3 Å². The fourth-order valence-electron chi connectivity index (χ4n) is 2.70. The van der Waals surface area contributed by atoms with E-state index in [2.05, 4.69) is 0 Å². The van der Waals surface area contributed by atoms with Crippen molar-refractivity contribution in [3.8, 4) is 11.3 Å². The number of para-hydroxylation sites is 1. The van der Waals surface area contributed by atoms with E-state index in [1.165, 1.54) is 3.97 Å². The van der Waals surface area contributed by atoms with Crippen molar-refractivity contribution in [3.63, 3.8) is 0 Å². The maximum absolute atomic E-state index is 13.2. The number of hydrogen-bond acceptors (Lipinski definition) is 3. The number of thiophene rings is 1. The summed E-state index contributed by atoms with van der Waals surface area (Å²) in [5.41, 5.74) is 2.29. The summed E-state index contributed by atoms with van der Waals surface area (Å²) in [7, 11) is -3.66. The van der Waals surface area contributed by atoms with Gasteiger partial charge in [0.15, 0.2) is 0 Å². The summed E-state index contributed by atoms with van der Waals surface area (Å²) in [5.74, 6) is 0. The summed E-state index contributed by atoms with van der Waals surface area (Å²) in [6, 6.07) is 20.0. The maximum Gasteiger partial charge on any atom is 0.268 e. The van der Waals surface area contributed by atoms with Gasteiger partial charge in [0.25, 0.3) is 10.0 Å². The first-order valence-electron chi connectivity index (χ1n) is 7.11. The summed E-state index contributed by atoms with van der Waals surface area (Å²) in [6.45, 7) is 0. The van der Waals surface area contributed by atoms with Gasteiger partial charge >= 0.3 is 0 Å². The predicted octanol–water partition coefficient (Wildman–Crippen LogP) is 4.61. The van der Waals surface area contributed by atoms with Crippen LogP contribution in [0.2, 0.25) is 0 Å². The highest BCUT2D eigenvalue weighted by atomic mass is 32.2. The zero-order chi connectivity index (χ0) is 15.9. The second kappa shape index (κ2) is 5.37. The Hall–Kier alpha value is -2.37. The molecule has 0 aliphatic rings. The van der Waals surface area contributed by atoms with Crippen LogP contribution in [0.4, 0.5) is 0 Å². The molecule has 0 atom stereocenters. The van der Waals surface area contributed by atoms with Gasteiger partial charge in [0.2, 0.25) is 0 Å². The maximum atomic E-state index is 13.2. The lowest BCUT2D eigenvalue weighted by atomic mass is 10.2. The molecule has 0 amide bonds. The Labute approximate surface area is 138 Å². The quantitative estimate of drug-likeness (QED) is 0.547. The Morgan fingerprint density at radius 2 is 1.61 bits per heavy atom. The van der Waals surface area contributed by atoms with Gasteiger partial charge in [-0.15, -0.1) is 0 Å². The van der Waals surface area contributed by atoms with Crippen LogP contribution in [0.15, 0.2) is 82.4 Å². The molecule has 4 rings (SSSR count). The van der Waals surface area contributed by atoms with E-state index in [9.17, 15) is 8.42 Å². The summed E-state index contributed by atoms with van der Waals surface area (Å²) in [4.78, 5) is 0.290. The Balaban J connectivity index is 2.08. The van der Waals surface area contributed by atoms with Gasteiger partial charge in [-0.25, -0.2) is 12.4 Å². The van der Waals surface area contributed by atoms with E-state index in [1.54, 1.807) is 35.6 Å². The monoisotopic (exact) mass is 339 g/mol. The van der Waals surface area contributed by atoms with Crippen molar-refractivity contribution in [1.29, 1.82) is 0 Å². The van der Waals surface area contributed by atoms with E-state index >= 15 is 0 Å². The topological polar surface area (TPSA) is 39.1 Å². The SMILES string of the molecule is O=S(=O)(c1ccccc1)n1c(-c2ccsc2)cc2ccccc21. The molecule has 0 saturated carbocycles. The summed E-state index contributed by atoms with van der Waals surface area (Å²) >= 11 is 1.55. The summed E-state index contributed by atoms with van der Waals surface area (Å²) in [6.07, 6.45) is 0. The van der Waals surface area contributed by atoms with Gasteiger partial charge in [-0.1, -0.05) is 36.4 Å². The molecule has 0 spiro atoms. The van der Waals surface area contributed by atoms with Gasteiger partial charge in [0.1, 0.15) is 0 Å². The molecule has 0 fully saturated rings. The fraction of sp³-hybridized carbons (Fsp3) is 0. The average molecular weight is 339 g/mol. The second-order valence-corrected chi connectivity index (χ2v) is 7.75. The first kappa shape index (κ1) is 14.2. The minimum absolute atomic E-state index is 0.290. The van der Waals surface area contributed by atoms with Crippen LogP contribution < -0.4 is 0 Å². The number of aromatic nitrogens is 1. The van der Waals surface area contributed by atoms with Gasteiger partial charge in [-0.3, -0.25) is 0 Å². The van der Waals surface area contributed by atoms with Crippen LogP contribution in [0.3, 0.4) is 0 Å². The molecule has 2 heterocycles. The zero-order valence-corrected chi connectivity index (χ0v) is 13.7. The van der Waals surface area contributed by atoms with Crippen molar-refractivity contribution >= 4 is 32.3 Å². The van der Waals surface area contributed by atoms with Crippen molar-refractivity contribution in [2.75, 3.05) is 0 Å². The minimum Gasteiger partial charge on any atom is -0.233 e. The third-order valence-corrected chi connectivity index (χ3v) is 6.19. The zero-order valence-electron chi connectivity index (χ0n) is 12.1. The molecule has 0 unspecified atom stereocenters. The van der Waals surface area contributed by atoms with Gasteiger partial charge in [-0.05, 0) is 35.7 Å². The van der Waals surface area contributed by atoms with Gasteiger partial charge in [-0.2, -0.15) is 11.3 Å². The number of fused-ring (bicyclic) bond motifs is 1. The Bertz CT molecular complexity index is 1060. The van der Waals surface area contributed by atoms with E-state index in [0.29, 0.717) is 11.2 Å². The largest absolute Gasteiger partial charge is 0.268 e. The van der Waals surface area contributed by atoms with Crippen molar-refractivity contribution in [1.82, 2.24) is 3.97 Å². The molecule has 2 aromatic heterocycles. The number of nitrogens with zero attached hydrogens (tertiary/aromatic N) is 1.